The lowest BCUT2D eigenvalue weighted by atomic mass is 9.96. The monoisotopic (exact) mass is 518 g/mol. The van der Waals surface area contributed by atoms with Crippen molar-refractivity contribution >= 4 is 42.0 Å². The number of benzene rings is 3. The molecule has 0 amide bonds. The van der Waals surface area contributed by atoms with E-state index in [1.54, 1.807) is 0 Å². The summed E-state index contributed by atoms with van der Waals surface area (Å²) in [6.07, 6.45) is 0. The number of rotatable bonds is 5. The largest absolute Gasteiger partial charge is 0.295 e. The van der Waals surface area contributed by atoms with Crippen LogP contribution in [0.25, 0.3) is 22.3 Å². The van der Waals surface area contributed by atoms with Gasteiger partial charge in [0.2, 0.25) is 0 Å². The molecular formula is C19H15ClO9S3. The highest BCUT2D eigenvalue weighted by atomic mass is 35.5. The van der Waals surface area contributed by atoms with Crippen LogP contribution < -0.4 is 0 Å². The third kappa shape index (κ3) is 4.86. The smallest absolute Gasteiger partial charge is 0.282 e. The molecule has 170 valence electrons. The SMILES string of the molecule is Cc1cc(-c2ccccc2S(=O)(=O)O)c(S(=O)(=O)O)c(-c2cc(Cl)ccc2S(=O)(=O)O)c1. The van der Waals surface area contributed by atoms with Gasteiger partial charge in [0.1, 0.15) is 14.7 Å². The molecule has 0 aromatic heterocycles. The molecule has 13 heteroatoms. The van der Waals surface area contributed by atoms with E-state index in [9.17, 15) is 38.9 Å². The predicted molar refractivity (Wildman–Crippen MR) is 117 cm³/mol. The van der Waals surface area contributed by atoms with E-state index < -0.39 is 45.0 Å². The molecule has 32 heavy (non-hydrogen) atoms. The minimum Gasteiger partial charge on any atom is -0.282 e. The van der Waals surface area contributed by atoms with Gasteiger partial charge in [-0.1, -0.05) is 29.8 Å². The molecule has 0 atom stereocenters. The fourth-order valence-corrected chi connectivity index (χ4v) is 5.76. The summed E-state index contributed by atoms with van der Waals surface area (Å²) in [4.78, 5) is -2.17. The molecule has 0 heterocycles. The lowest BCUT2D eigenvalue weighted by Crippen LogP contribution is -2.09. The molecule has 0 saturated carbocycles. The van der Waals surface area contributed by atoms with Crippen molar-refractivity contribution in [1.29, 1.82) is 0 Å². The van der Waals surface area contributed by atoms with Crippen LogP contribution in [0.15, 0.2) is 69.3 Å². The van der Waals surface area contributed by atoms with E-state index in [4.69, 9.17) is 11.6 Å². The number of hydrogen-bond donors (Lipinski definition) is 3. The first-order valence-corrected chi connectivity index (χ1v) is 13.3. The van der Waals surface area contributed by atoms with Crippen molar-refractivity contribution in [3.63, 3.8) is 0 Å². The van der Waals surface area contributed by atoms with Crippen LogP contribution in [0.5, 0.6) is 0 Å². The normalized spacial score (nSPS) is 12.7. The summed E-state index contributed by atoms with van der Waals surface area (Å²) >= 11 is 5.96. The topological polar surface area (TPSA) is 163 Å². The average Bonchev–Trinajstić information content (AvgIpc) is 2.64. The van der Waals surface area contributed by atoms with Crippen molar-refractivity contribution in [2.24, 2.45) is 0 Å². The molecular weight excluding hydrogens is 504 g/mol. The van der Waals surface area contributed by atoms with Gasteiger partial charge >= 0.3 is 0 Å². The summed E-state index contributed by atoms with van der Waals surface area (Å²) < 4.78 is 102. The molecule has 0 bridgehead atoms. The van der Waals surface area contributed by atoms with Crippen molar-refractivity contribution in [1.82, 2.24) is 0 Å². The molecule has 3 aromatic carbocycles. The van der Waals surface area contributed by atoms with E-state index in [2.05, 4.69) is 0 Å². The molecule has 3 rings (SSSR count). The second-order valence-electron chi connectivity index (χ2n) is 6.75. The van der Waals surface area contributed by atoms with Crippen LogP contribution in [0, 0.1) is 6.92 Å². The maximum Gasteiger partial charge on any atom is 0.295 e. The minimum absolute atomic E-state index is 0.00456. The Morgan fingerprint density at radius 3 is 1.66 bits per heavy atom. The van der Waals surface area contributed by atoms with Crippen LogP contribution in [0.4, 0.5) is 0 Å². The van der Waals surface area contributed by atoms with Crippen LogP contribution >= 0.6 is 11.6 Å². The van der Waals surface area contributed by atoms with Gasteiger partial charge in [0.05, 0.1) is 0 Å². The van der Waals surface area contributed by atoms with Crippen molar-refractivity contribution in [2.75, 3.05) is 0 Å². The first-order valence-electron chi connectivity index (χ1n) is 8.57. The third-order valence-electron chi connectivity index (χ3n) is 4.46. The second-order valence-corrected chi connectivity index (χ2v) is 11.3. The van der Waals surface area contributed by atoms with Crippen LogP contribution in [0.3, 0.4) is 0 Å². The van der Waals surface area contributed by atoms with E-state index in [-0.39, 0.29) is 27.3 Å². The highest BCUT2D eigenvalue weighted by Gasteiger charge is 2.29. The summed E-state index contributed by atoms with van der Waals surface area (Å²) in [6.45, 7) is 1.51. The van der Waals surface area contributed by atoms with Crippen LogP contribution in [0.2, 0.25) is 5.02 Å². The summed E-state index contributed by atoms with van der Waals surface area (Å²) in [7, 11) is -14.8. The zero-order valence-electron chi connectivity index (χ0n) is 16.1. The Bertz CT molecular complexity index is 1560. The quantitative estimate of drug-likeness (QED) is 0.427. The first kappa shape index (κ1) is 24.3. The Balaban J connectivity index is 2.59. The lowest BCUT2D eigenvalue weighted by molar-refractivity contribution is 0.479. The molecule has 0 aliphatic carbocycles. The Hall–Kier alpha value is -2.32. The van der Waals surface area contributed by atoms with Crippen molar-refractivity contribution < 1.29 is 38.9 Å². The lowest BCUT2D eigenvalue weighted by Gasteiger charge is -2.18. The second kappa shape index (κ2) is 8.23. The van der Waals surface area contributed by atoms with E-state index in [1.165, 1.54) is 37.3 Å². The number of hydrogen-bond acceptors (Lipinski definition) is 6. The fourth-order valence-electron chi connectivity index (χ4n) is 3.30. The third-order valence-corrected chi connectivity index (χ3v) is 7.47. The van der Waals surface area contributed by atoms with Crippen LogP contribution in [-0.4, -0.2) is 38.9 Å². The number of aryl methyl sites for hydroxylation is 1. The van der Waals surface area contributed by atoms with Crippen molar-refractivity contribution in [3.8, 4) is 22.3 Å². The van der Waals surface area contributed by atoms with E-state index >= 15 is 0 Å². The summed E-state index contributed by atoms with van der Waals surface area (Å²) in [5, 5.41) is -0.00456. The minimum atomic E-state index is -5.11. The van der Waals surface area contributed by atoms with Gasteiger partial charge < -0.3 is 0 Å². The van der Waals surface area contributed by atoms with Crippen molar-refractivity contribution in [2.45, 2.75) is 21.6 Å². The van der Waals surface area contributed by atoms with Gasteiger partial charge in [-0.15, -0.1) is 0 Å². The Labute approximate surface area is 189 Å². The fraction of sp³-hybridized carbons (Fsp3) is 0.0526. The van der Waals surface area contributed by atoms with Gasteiger partial charge in [0.25, 0.3) is 30.4 Å². The molecule has 0 spiro atoms. The molecule has 3 aromatic rings. The van der Waals surface area contributed by atoms with E-state index in [0.29, 0.717) is 5.56 Å². The summed E-state index contributed by atoms with van der Waals surface area (Å²) in [5.74, 6) is 0. The van der Waals surface area contributed by atoms with Crippen molar-refractivity contribution in [3.05, 3.63) is 65.2 Å². The molecule has 0 unspecified atom stereocenters. The highest BCUT2D eigenvalue weighted by molar-refractivity contribution is 7.86. The van der Waals surface area contributed by atoms with E-state index in [1.807, 2.05) is 0 Å². The van der Waals surface area contributed by atoms with Gasteiger partial charge in [-0.25, -0.2) is 0 Å². The molecule has 0 saturated heterocycles. The summed E-state index contributed by atoms with van der Waals surface area (Å²) in [6, 6.07) is 10.6. The molecule has 0 aliphatic rings. The Kier molecular flexibility index (Phi) is 6.25. The van der Waals surface area contributed by atoms with Gasteiger partial charge in [-0.2, -0.15) is 25.3 Å². The average molecular weight is 519 g/mol. The highest BCUT2D eigenvalue weighted by Crippen LogP contribution is 2.41. The van der Waals surface area contributed by atoms with Crippen LogP contribution in [-0.2, 0) is 30.4 Å². The number of halogens is 1. The van der Waals surface area contributed by atoms with Gasteiger partial charge in [0.15, 0.2) is 0 Å². The van der Waals surface area contributed by atoms with Gasteiger partial charge in [0, 0.05) is 27.3 Å². The zero-order valence-corrected chi connectivity index (χ0v) is 19.3. The molecule has 0 radical (unpaired) electrons. The molecule has 0 fully saturated rings. The summed E-state index contributed by atoms with van der Waals surface area (Å²) in [5.41, 5.74) is -0.946. The van der Waals surface area contributed by atoms with Crippen LogP contribution in [0.1, 0.15) is 5.56 Å². The Morgan fingerprint density at radius 2 is 1.12 bits per heavy atom. The Morgan fingerprint density at radius 1 is 0.625 bits per heavy atom. The maximum atomic E-state index is 12.4. The van der Waals surface area contributed by atoms with E-state index in [0.717, 1.165) is 24.3 Å². The maximum absolute atomic E-state index is 12.4. The van der Waals surface area contributed by atoms with Gasteiger partial charge in [-0.05, 0) is 48.9 Å². The van der Waals surface area contributed by atoms with Gasteiger partial charge in [-0.3, -0.25) is 13.7 Å². The molecule has 3 N–H and O–H groups in total. The first-order chi connectivity index (χ1) is 14.6. The zero-order chi connectivity index (χ0) is 24.1. The standard InChI is InChI=1S/C19H15ClO9S3/c1-11-8-15(13-4-2-3-5-17(13)30(21,22)23)19(32(27,28)29)16(9-11)14-10-12(20)6-7-18(14)31(24,25)26/h2-10H,1H3,(H,21,22,23)(H,24,25,26)(H,27,28,29). The molecule has 0 aliphatic heterocycles. The molecule has 9 nitrogen and oxygen atoms in total. The predicted octanol–water partition coefficient (Wildman–Crippen LogP) is 3.72.